The number of sulfonamides is 1. The highest BCUT2D eigenvalue weighted by Crippen LogP contribution is 2.44. The van der Waals surface area contributed by atoms with Crippen molar-refractivity contribution in [3.05, 3.63) is 36.2 Å². The highest BCUT2D eigenvalue weighted by molar-refractivity contribution is 7.93. The fourth-order valence-corrected chi connectivity index (χ4v) is 5.52. The Bertz CT molecular complexity index is 1060. The molecular formula is C18H22N4O4S. The Labute approximate surface area is 157 Å². The van der Waals surface area contributed by atoms with Crippen molar-refractivity contribution in [2.24, 2.45) is 5.41 Å². The Hall–Kier alpha value is -2.55. The van der Waals surface area contributed by atoms with Crippen molar-refractivity contribution in [1.82, 2.24) is 14.9 Å². The van der Waals surface area contributed by atoms with Crippen LogP contribution >= 0.6 is 0 Å². The molecule has 27 heavy (non-hydrogen) atoms. The maximum atomic E-state index is 12.6. The predicted molar refractivity (Wildman–Crippen MR) is 101 cm³/mol. The Kier molecular flexibility index (Phi) is 4.14. The molecule has 1 aromatic carbocycles. The van der Waals surface area contributed by atoms with E-state index in [-0.39, 0.29) is 11.2 Å². The highest BCUT2D eigenvalue weighted by atomic mass is 32.2. The number of fused-ring (bicyclic) bond motifs is 1. The van der Waals surface area contributed by atoms with Gasteiger partial charge in [0.15, 0.2) is 11.4 Å². The first-order chi connectivity index (χ1) is 12.8. The number of ether oxygens (including phenoxy) is 1. The van der Waals surface area contributed by atoms with Gasteiger partial charge in [-0.25, -0.2) is 8.42 Å². The third-order valence-electron chi connectivity index (χ3n) is 4.96. The van der Waals surface area contributed by atoms with E-state index >= 15 is 0 Å². The molecule has 0 saturated heterocycles. The first-order valence-electron chi connectivity index (χ1n) is 8.73. The number of aromatic nitrogens is 3. The van der Waals surface area contributed by atoms with E-state index in [4.69, 9.17) is 9.26 Å². The van der Waals surface area contributed by atoms with E-state index in [1.807, 2.05) is 24.4 Å². The normalized spacial score (nSPS) is 17.0. The van der Waals surface area contributed by atoms with Crippen molar-refractivity contribution in [3.63, 3.8) is 0 Å². The van der Waals surface area contributed by atoms with Crippen LogP contribution in [0, 0.1) is 5.41 Å². The van der Waals surface area contributed by atoms with Gasteiger partial charge in [-0.2, -0.15) is 5.10 Å². The van der Waals surface area contributed by atoms with Gasteiger partial charge >= 0.3 is 0 Å². The molecule has 0 aliphatic heterocycles. The van der Waals surface area contributed by atoms with E-state index in [1.165, 1.54) is 7.11 Å². The molecule has 0 unspecified atom stereocenters. The summed E-state index contributed by atoms with van der Waals surface area (Å²) in [5, 5.41) is 8.23. The lowest BCUT2D eigenvalue weighted by Crippen LogP contribution is -2.44. The van der Waals surface area contributed by atoms with Crippen LogP contribution < -0.4 is 9.46 Å². The van der Waals surface area contributed by atoms with Crippen LogP contribution in [-0.4, -0.2) is 35.7 Å². The summed E-state index contributed by atoms with van der Waals surface area (Å²) in [6, 6.07) is 5.50. The molecule has 3 aromatic rings. The summed E-state index contributed by atoms with van der Waals surface area (Å²) in [5.74, 6) is 0.666. The fourth-order valence-electron chi connectivity index (χ4n) is 3.60. The van der Waals surface area contributed by atoms with Crippen LogP contribution in [0.1, 0.15) is 32.3 Å². The molecule has 0 atom stereocenters. The second-order valence-corrected chi connectivity index (χ2v) is 9.71. The zero-order valence-electron chi connectivity index (χ0n) is 15.5. The Balaban J connectivity index is 1.64. The molecular weight excluding hydrogens is 368 g/mol. The van der Waals surface area contributed by atoms with Crippen molar-refractivity contribution in [1.29, 1.82) is 0 Å². The molecule has 0 spiro atoms. The molecule has 9 heteroatoms. The Morgan fingerprint density at radius 2 is 2.15 bits per heavy atom. The predicted octanol–water partition coefficient (Wildman–Crippen LogP) is 3.01. The molecule has 0 amide bonds. The largest absolute Gasteiger partial charge is 0.496 e. The van der Waals surface area contributed by atoms with Gasteiger partial charge in [-0.05, 0) is 42.0 Å². The minimum atomic E-state index is -3.53. The fraction of sp³-hybridized carbons (Fsp3) is 0.444. The van der Waals surface area contributed by atoms with Crippen LogP contribution in [0.2, 0.25) is 0 Å². The monoisotopic (exact) mass is 390 g/mol. The molecule has 1 fully saturated rings. The molecule has 1 aliphatic carbocycles. The number of hydrogen-bond donors (Lipinski definition) is 1. The zero-order valence-corrected chi connectivity index (χ0v) is 16.3. The summed E-state index contributed by atoms with van der Waals surface area (Å²) in [4.78, 5) is 0. The van der Waals surface area contributed by atoms with Gasteiger partial charge in [0, 0.05) is 12.4 Å². The van der Waals surface area contributed by atoms with E-state index in [1.54, 1.807) is 10.9 Å². The van der Waals surface area contributed by atoms with Crippen molar-refractivity contribution < 1.29 is 17.7 Å². The van der Waals surface area contributed by atoms with Gasteiger partial charge in [0.1, 0.15) is 11.1 Å². The van der Waals surface area contributed by atoms with Crippen LogP contribution in [0.4, 0.5) is 5.82 Å². The first kappa shape index (κ1) is 17.8. The number of nitrogens with zero attached hydrogens (tertiary/aromatic N) is 3. The summed E-state index contributed by atoms with van der Waals surface area (Å²) in [5.41, 5.74) is 1.43. The third-order valence-corrected chi connectivity index (χ3v) is 6.65. The lowest BCUT2D eigenvalue weighted by molar-refractivity contribution is 0.194. The summed E-state index contributed by atoms with van der Waals surface area (Å²) in [7, 11) is -1.99. The van der Waals surface area contributed by atoms with Gasteiger partial charge < -0.3 is 9.26 Å². The molecule has 8 nitrogen and oxygen atoms in total. The number of rotatable bonds is 6. The maximum absolute atomic E-state index is 12.6. The SMILES string of the molecule is COc1cc(Cn2cccn2)cc2onc(NS(=O)(=O)C3CC(C)(C)C3)c12. The van der Waals surface area contributed by atoms with Gasteiger partial charge in [-0.1, -0.05) is 19.0 Å². The van der Waals surface area contributed by atoms with E-state index in [9.17, 15) is 8.42 Å². The van der Waals surface area contributed by atoms with E-state index in [2.05, 4.69) is 28.8 Å². The number of hydrogen-bond acceptors (Lipinski definition) is 6. The van der Waals surface area contributed by atoms with Gasteiger partial charge in [0.05, 0.1) is 18.9 Å². The van der Waals surface area contributed by atoms with E-state index < -0.39 is 15.3 Å². The van der Waals surface area contributed by atoms with E-state index in [0.717, 1.165) is 5.56 Å². The molecule has 1 saturated carbocycles. The zero-order chi connectivity index (χ0) is 19.2. The molecule has 0 bridgehead atoms. The van der Waals surface area contributed by atoms with Crippen molar-refractivity contribution in [3.8, 4) is 5.75 Å². The molecule has 144 valence electrons. The maximum Gasteiger partial charge on any atom is 0.236 e. The number of nitrogens with one attached hydrogen (secondary N) is 1. The van der Waals surface area contributed by atoms with Gasteiger partial charge in [-0.3, -0.25) is 9.40 Å². The molecule has 2 aromatic heterocycles. The smallest absolute Gasteiger partial charge is 0.236 e. The molecule has 0 radical (unpaired) electrons. The molecule has 1 N–H and O–H groups in total. The van der Waals surface area contributed by atoms with Crippen LogP contribution in [0.25, 0.3) is 11.0 Å². The van der Waals surface area contributed by atoms with Crippen LogP contribution in [0.5, 0.6) is 5.75 Å². The average molecular weight is 390 g/mol. The van der Waals surface area contributed by atoms with Crippen LogP contribution in [-0.2, 0) is 16.6 Å². The summed E-state index contributed by atoms with van der Waals surface area (Å²) in [6.45, 7) is 4.67. The average Bonchev–Trinajstić information content (AvgIpc) is 3.22. The highest BCUT2D eigenvalue weighted by Gasteiger charge is 2.44. The van der Waals surface area contributed by atoms with Crippen molar-refractivity contribution >= 4 is 26.8 Å². The molecule has 4 rings (SSSR count). The van der Waals surface area contributed by atoms with Crippen molar-refractivity contribution in [2.45, 2.75) is 38.5 Å². The standard InChI is InChI=1S/C18H22N4O4S/c1-18(2)9-13(10-18)27(23,24)21-17-16-14(25-3)7-12(8-15(16)26-20-17)11-22-6-4-5-19-22/h4-8,13H,9-11H2,1-3H3,(H,20,21). The lowest BCUT2D eigenvalue weighted by atomic mass is 9.72. The minimum Gasteiger partial charge on any atom is -0.496 e. The van der Waals surface area contributed by atoms with Crippen LogP contribution in [0.3, 0.4) is 0 Å². The molecule has 2 heterocycles. The van der Waals surface area contributed by atoms with Gasteiger partial charge in [-0.15, -0.1) is 0 Å². The summed E-state index contributed by atoms with van der Waals surface area (Å²) >= 11 is 0. The summed E-state index contributed by atoms with van der Waals surface area (Å²) < 4.78 is 40.5. The number of methoxy groups -OCH3 is 1. The second-order valence-electron chi connectivity index (χ2n) is 7.75. The quantitative estimate of drug-likeness (QED) is 0.695. The van der Waals surface area contributed by atoms with Crippen molar-refractivity contribution in [2.75, 3.05) is 11.8 Å². The summed E-state index contributed by atoms with van der Waals surface area (Å²) in [6.07, 6.45) is 4.82. The van der Waals surface area contributed by atoms with Gasteiger partial charge in [0.25, 0.3) is 0 Å². The second kappa shape index (κ2) is 6.26. The van der Waals surface area contributed by atoms with E-state index in [0.29, 0.717) is 36.1 Å². The lowest BCUT2D eigenvalue weighted by Gasteiger charge is -2.41. The van der Waals surface area contributed by atoms with Gasteiger partial charge in [0.2, 0.25) is 10.0 Å². The minimum absolute atomic E-state index is 0.0599. The topological polar surface area (TPSA) is 99.2 Å². The number of anilines is 1. The third kappa shape index (κ3) is 3.39. The Morgan fingerprint density at radius 3 is 2.78 bits per heavy atom. The molecule has 1 aliphatic rings. The number of benzene rings is 1. The van der Waals surface area contributed by atoms with Crippen LogP contribution in [0.15, 0.2) is 35.1 Å². The first-order valence-corrected chi connectivity index (χ1v) is 10.3. The Morgan fingerprint density at radius 1 is 1.37 bits per heavy atom.